The van der Waals surface area contributed by atoms with E-state index in [9.17, 15) is 18.0 Å². The zero-order valence-electron chi connectivity index (χ0n) is 9.98. The molecule has 0 aromatic carbocycles. The number of hydrogen-bond acceptors (Lipinski definition) is 4. The summed E-state index contributed by atoms with van der Waals surface area (Å²) in [4.78, 5) is 12.4. The summed E-state index contributed by atoms with van der Waals surface area (Å²) in [6, 6.07) is 1.38. The Morgan fingerprint density at radius 3 is 2.74 bits per heavy atom. The van der Waals surface area contributed by atoms with Gasteiger partial charge in [-0.15, -0.1) is 0 Å². The Hall–Kier alpha value is -1.57. The maximum Gasteiger partial charge on any atom is 0.406 e. The first kappa shape index (κ1) is 13.9. The van der Waals surface area contributed by atoms with Gasteiger partial charge in [-0.2, -0.15) is 13.2 Å². The molecule has 1 saturated carbocycles. The third-order valence-electron chi connectivity index (χ3n) is 2.75. The van der Waals surface area contributed by atoms with Gasteiger partial charge in [0.25, 0.3) is 5.91 Å². The molecule has 1 aromatic rings. The Balaban J connectivity index is 2.08. The third kappa shape index (κ3) is 3.69. The normalized spacial score (nSPS) is 15.6. The molecule has 1 fully saturated rings. The number of rotatable bonds is 5. The van der Waals surface area contributed by atoms with Gasteiger partial charge in [0, 0.05) is 18.5 Å². The topological polar surface area (TPSA) is 66.6 Å². The van der Waals surface area contributed by atoms with Crippen LogP contribution in [0.3, 0.4) is 0 Å². The highest BCUT2D eigenvalue weighted by atomic mass is 19.4. The Kier molecular flexibility index (Phi) is 3.79. The predicted molar refractivity (Wildman–Crippen MR) is 57.5 cm³/mol. The lowest BCUT2D eigenvalue weighted by Gasteiger charge is -2.21. The molecule has 1 N–H and O–H groups in total. The van der Waals surface area contributed by atoms with Crippen LogP contribution in [0.4, 0.5) is 13.2 Å². The summed E-state index contributed by atoms with van der Waals surface area (Å²) in [5, 5.41) is 12.2. The van der Waals surface area contributed by atoms with Gasteiger partial charge >= 0.3 is 6.18 Å². The van der Waals surface area contributed by atoms with E-state index in [1.165, 1.54) is 6.07 Å². The van der Waals surface area contributed by atoms with Crippen molar-refractivity contribution in [1.82, 2.24) is 10.1 Å². The number of halogens is 3. The van der Waals surface area contributed by atoms with Gasteiger partial charge in [0.1, 0.15) is 12.3 Å². The molecule has 0 unspecified atom stereocenters. The second-order valence-electron chi connectivity index (χ2n) is 4.45. The fourth-order valence-electron chi connectivity index (χ4n) is 1.70. The highest BCUT2D eigenvalue weighted by Crippen LogP contribution is 2.40. The van der Waals surface area contributed by atoms with Crippen molar-refractivity contribution < 1.29 is 27.6 Å². The number of aliphatic hydroxyl groups is 1. The van der Waals surface area contributed by atoms with Crippen LogP contribution in [0.1, 0.15) is 35.0 Å². The highest BCUT2D eigenvalue weighted by Gasteiger charge is 2.35. The summed E-state index contributed by atoms with van der Waals surface area (Å²) >= 11 is 0. The molecule has 5 nitrogen and oxygen atoms in total. The van der Waals surface area contributed by atoms with Crippen molar-refractivity contribution >= 4 is 5.91 Å². The van der Waals surface area contributed by atoms with Gasteiger partial charge in [-0.3, -0.25) is 4.79 Å². The molecule has 1 aliphatic carbocycles. The molecule has 1 aromatic heterocycles. The molecular formula is C11H13F3N2O3. The minimum absolute atomic E-state index is 0.153. The predicted octanol–water partition coefficient (Wildman–Crippen LogP) is 1.55. The highest BCUT2D eigenvalue weighted by molar-refractivity contribution is 5.92. The average molecular weight is 278 g/mol. The van der Waals surface area contributed by atoms with Crippen LogP contribution in [0.25, 0.3) is 0 Å². The molecule has 0 atom stereocenters. The zero-order chi connectivity index (χ0) is 14.0. The van der Waals surface area contributed by atoms with E-state index < -0.39 is 31.8 Å². The van der Waals surface area contributed by atoms with Gasteiger partial charge in [-0.25, -0.2) is 0 Å². The van der Waals surface area contributed by atoms with Crippen molar-refractivity contribution in [3.63, 3.8) is 0 Å². The second kappa shape index (κ2) is 5.20. The fraction of sp³-hybridized carbons (Fsp3) is 0.636. The maximum absolute atomic E-state index is 12.3. The summed E-state index contributed by atoms with van der Waals surface area (Å²) in [7, 11) is 0. The number of aromatic nitrogens is 1. The molecule has 0 saturated heterocycles. The molecular weight excluding hydrogens is 265 g/mol. The van der Waals surface area contributed by atoms with Crippen molar-refractivity contribution in [3.05, 3.63) is 17.5 Å². The summed E-state index contributed by atoms with van der Waals surface area (Å²) in [6.07, 6.45) is -2.65. The van der Waals surface area contributed by atoms with Gasteiger partial charge < -0.3 is 14.5 Å². The van der Waals surface area contributed by atoms with Gasteiger partial charge in [0.05, 0.1) is 6.61 Å². The van der Waals surface area contributed by atoms with Crippen molar-refractivity contribution in [3.8, 4) is 0 Å². The number of carbonyl (C=O) groups is 1. The van der Waals surface area contributed by atoms with Gasteiger partial charge in [0.15, 0.2) is 5.69 Å². The molecule has 1 heterocycles. The molecule has 2 rings (SSSR count). The van der Waals surface area contributed by atoms with Crippen molar-refractivity contribution in [2.24, 2.45) is 0 Å². The van der Waals surface area contributed by atoms with E-state index in [4.69, 9.17) is 9.63 Å². The average Bonchev–Trinajstić information content (AvgIpc) is 3.04. The first-order valence-corrected chi connectivity index (χ1v) is 5.84. The van der Waals surface area contributed by atoms with Crippen LogP contribution < -0.4 is 0 Å². The van der Waals surface area contributed by atoms with Crippen molar-refractivity contribution in [2.75, 3.05) is 19.7 Å². The summed E-state index contributed by atoms with van der Waals surface area (Å²) < 4.78 is 41.9. The minimum atomic E-state index is -4.52. The first-order chi connectivity index (χ1) is 8.90. The van der Waals surface area contributed by atoms with E-state index in [-0.39, 0.29) is 11.6 Å². The first-order valence-electron chi connectivity index (χ1n) is 5.84. The van der Waals surface area contributed by atoms with Crippen LogP contribution >= 0.6 is 0 Å². The molecule has 1 amide bonds. The molecule has 1 aliphatic rings. The van der Waals surface area contributed by atoms with E-state index >= 15 is 0 Å². The Morgan fingerprint density at radius 1 is 1.53 bits per heavy atom. The lowest BCUT2D eigenvalue weighted by molar-refractivity contribution is -0.141. The lowest BCUT2D eigenvalue weighted by Crippen LogP contribution is -2.40. The Morgan fingerprint density at radius 2 is 2.21 bits per heavy atom. The van der Waals surface area contributed by atoms with Crippen LogP contribution in [0.5, 0.6) is 0 Å². The second-order valence-corrected chi connectivity index (χ2v) is 4.45. The Labute approximate surface area is 107 Å². The third-order valence-corrected chi connectivity index (χ3v) is 2.75. The number of amides is 1. The maximum atomic E-state index is 12.3. The zero-order valence-corrected chi connectivity index (χ0v) is 9.98. The Bertz CT molecular complexity index is 454. The molecule has 0 bridgehead atoms. The SMILES string of the molecule is O=C(c1cc(C2CC2)on1)N(CCO)CC(F)(F)F. The van der Waals surface area contributed by atoms with E-state index in [0.29, 0.717) is 10.7 Å². The minimum Gasteiger partial charge on any atom is -0.395 e. The number of aliphatic hydroxyl groups excluding tert-OH is 1. The number of alkyl halides is 3. The number of nitrogens with zero attached hydrogens (tertiary/aromatic N) is 2. The van der Waals surface area contributed by atoms with Crippen molar-refractivity contribution in [1.29, 1.82) is 0 Å². The van der Waals surface area contributed by atoms with E-state index in [1.54, 1.807) is 0 Å². The largest absolute Gasteiger partial charge is 0.406 e. The monoisotopic (exact) mass is 278 g/mol. The van der Waals surface area contributed by atoms with E-state index in [1.807, 2.05) is 0 Å². The number of carbonyl (C=O) groups excluding carboxylic acids is 1. The summed E-state index contributed by atoms with van der Waals surface area (Å²) in [5.74, 6) is -0.135. The quantitative estimate of drug-likeness (QED) is 0.887. The molecule has 106 valence electrons. The molecule has 8 heteroatoms. The van der Waals surface area contributed by atoms with E-state index in [0.717, 1.165) is 12.8 Å². The molecule has 0 radical (unpaired) electrons. The fourth-order valence-corrected chi connectivity index (χ4v) is 1.70. The van der Waals surface area contributed by atoms with Gasteiger partial charge in [-0.05, 0) is 12.8 Å². The standard InChI is InChI=1S/C11H13F3N2O3/c12-11(13,14)6-16(3-4-17)10(18)8-5-9(19-15-8)7-1-2-7/h5,7,17H,1-4,6H2. The molecule has 0 spiro atoms. The smallest absolute Gasteiger partial charge is 0.395 e. The molecule has 19 heavy (non-hydrogen) atoms. The lowest BCUT2D eigenvalue weighted by atomic mass is 10.2. The van der Waals surface area contributed by atoms with Crippen molar-refractivity contribution in [2.45, 2.75) is 24.9 Å². The summed E-state index contributed by atoms with van der Waals surface area (Å²) in [5.41, 5.74) is -0.153. The van der Waals surface area contributed by atoms with E-state index in [2.05, 4.69) is 5.16 Å². The van der Waals surface area contributed by atoms with Crippen LogP contribution in [0.15, 0.2) is 10.6 Å². The number of hydrogen-bond donors (Lipinski definition) is 1. The van der Waals surface area contributed by atoms with Crippen LogP contribution in [0, 0.1) is 0 Å². The van der Waals surface area contributed by atoms with Gasteiger partial charge in [-0.1, -0.05) is 5.16 Å². The molecule has 0 aliphatic heterocycles. The van der Waals surface area contributed by atoms with Crippen LogP contribution in [0.2, 0.25) is 0 Å². The van der Waals surface area contributed by atoms with Crippen LogP contribution in [-0.2, 0) is 0 Å². The summed E-state index contributed by atoms with van der Waals surface area (Å²) in [6.45, 7) is -2.36. The van der Waals surface area contributed by atoms with Gasteiger partial charge in [0.2, 0.25) is 0 Å². The van der Waals surface area contributed by atoms with Crippen LogP contribution in [-0.4, -0.2) is 46.9 Å².